The predicted octanol–water partition coefficient (Wildman–Crippen LogP) is 5.42. The molecule has 2 fully saturated rings. The van der Waals surface area contributed by atoms with E-state index >= 15 is 0 Å². The molecule has 3 N–H and O–H groups in total. The molecule has 1 aromatic carbocycles. The van der Waals surface area contributed by atoms with Crippen molar-refractivity contribution in [3.05, 3.63) is 52.9 Å². The number of pyridine rings is 1. The SMILES string of the molecule is COc1c(Cl)cccc1Nc1c(-c2ccncc2OC[C@@H]2CCCO2)[nH]c2c1C(=O)N[C@H]1CCC[C@@H]21. The van der Waals surface area contributed by atoms with Crippen LogP contribution in [0.4, 0.5) is 11.4 Å². The number of fused-ring (bicyclic) bond motifs is 3. The van der Waals surface area contributed by atoms with Crippen molar-refractivity contribution in [2.75, 3.05) is 25.6 Å². The van der Waals surface area contributed by atoms with Crippen LogP contribution in [0.1, 0.15) is 54.1 Å². The molecule has 0 bridgehead atoms. The minimum atomic E-state index is -0.0879. The maximum absolute atomic E-state index is 13.4. The summed E-state index contributed by atoms with van der Waals surface area (Å²) in [6.07, 6.45) is 8.65. The number of methoxy groups -OCH3 is 1. The van der Waals surface area contributed by atoms with Gasteiger partial charge in [0.25, 0.3) is 5.91 Å². The van der Waals surface area contributed by atoms with Gasteiger partial charge in [-0.1, -0.05) is 24.1 Å². The number of nitrogens with one attached hydrogen (secondary N) is 3. The van der Waals surface area contributed by atoms with Gasteiger partial charge in [-0.3, -0.25) is 9.78 Å². The van der Waals surface area contributed by atoms with Crippen LogP contribution in [0.2, 0.25) is 5.02 Å². The lowest BCUT2D eigenvalue weighted by atomic mass is 9.91. The Hall–Kier alpha value is -3.23. The molecule has 3 aliphatic rings. The van der Waals surface area contributed by atoms with E-state index in [1.807, 2.05) is 18.2 Å². The number of ether oxygens (including phenoxy) is 3. The molecule has 1 amide bonds. The van der Waals surface area contributed by atoms with Crippen LogP contribution in [0, 0.1) is 0 Å². The standard InChI is InChI=1S/C27H29ClN4O4/c1-34-26-18(28)7-3-9-20(26)30-25-22-23(16-6-2-8-19(16)31-27(22)33)32-24(25)17-10-11-29-13-21(17)36-14-15-5-4-12-35-15/h3,7,9-11,13,15-16,19,30,32H,2,4-6,8,12,14H2,1H3,(H,31,33)/t15-,16+,19-/m0/s1. The Morgan fingerprint density at radius 1 is 1.22 bits per heavy atom. The number of hydrogen-bond acceptors (Lipinski definition) is 6. The van der Waals surface area contributed by atoms with E-state index in [-0.39, 0.29) is 24.0 Å². The number of anilines is 2. The number of carbonyl (C=O) groups excluding carboxylic acids is 1. The number of halogens is 1. The maximum Gasteiger partial charge on any atom is 0.255 e. The quantitative estimate of drug-likeness (QED) is 0.394. The molecule has 9 heteroatoms. The summed E-state index contributed by atoms with van der Waals surface area (Å²) in [5.41, 5.74) is 4.52. The molecule has 1 saturated carbocycles. The summed E-state index contributed by atoms with van der Waals surface area (Å²) in [4.78, 5) is 21.3. The van der Waals surface area contributed by atoms with Gasteiger partial charge in [0, 0.05) is 36.0 Å². The number of rotatable bonds is 7. The number of amides is 1. The monoisotopic (exact) mass is 508 g/mol. The number of nitrogens with zero attached hydrogens (tertiary/aromatic N) is 1. The third kappa shape index (κ3) is 4.08. The van der Waals surface area contributed by atoms with E-state index in [0.717, 1.165) is 55.7 Å². The molecule has 36 heavy (non-hydrogen) atoms. The molecule has 0 spiro atoms. The van der Waals surface area contributed by atoms with Gasteiger partial charge in [-0.15, -0.1) is 0 Å². The van der Waals surface area contributed by atoms with Crippen molar-refractivity contribution in [2.45, 2.75) is 50.2 Å². The minimum Gasteiger partial charge on any atom is -0.493 e. The molecule has 3 aromatic rings. The number of aromatic amines is 1. The predicted molar refractivity (Wildman–Crippen MR) is 138 cm³/mol. The fraction of sp³-hybridized carbons (Fsp3) is 0.407. The number of aromatic nitrogens is 2. The fourth-order valence-corrected chi connectivity index (χ4v) is 5.94. The van der Waals surface area contributed by atoms with Gasteiger partial charge in [0.05, 0.1) is 47.1 Å². The van der Waals surface area contributed by atoms with Gasteiger partial charge >= 0.3 is 0 Å². The lowest BCUT2D eigenvalue weighted by Crippen LogP contribution is -2.41. The summed E-state index contributed by atoms with van der Waals surface area (Å²) >= 11 is 6.41. The number of H-pyrrole nitrogens is 1. The molecule has 6 rings (SSSR count). The highest BCUT2D eigenvalue weighted by atomic mass is 35.5. The van der Waals surface area contributed by atoms with Crippen molar-refractivity contribution >= 4 is 28.9 Å². The summed E-state index contributed by atoms with van der Waals surface area (Å²) in [6.45, 7) is 1.22. The number of carbonyl (C=O) groups is 1. The zero-order valence-corrected chi connectivity index (χ0v) is 20.9. The second-order valence-corrected chi connectivity index (χ2v) is 9.95. The van der Waals surface area contributed by atoms with Crippen LogP contribution in [-0.4, -0.2) is 48.3 Å². The van der Waals surface area contributed by atoms with Crippen LogP contribution >= 0.6 is 11.6 Å². The van der Waals surface area contributed by atoms with E-state index in [9.17, 15) is 4.79 Å². The molecule has 8 nitrogen and oxygen atoms in total. The number of benzene rings is 1. The van der Waals surface area contributed by atoms with Gasteiger partial charge in [0.2, 0.25) is 0 Å². The second-order valence-electron chi connectivity index (χ2n) is 9.54. The largest absolute Gasteiger partial charge is 0.493 e. The molecule has 0 unspecified atom stereocenters. The first-order valence-electron chi connectivity index (χ1n) is 12.5. The molecule has 4 heterocycles. The van der Waals surface area contributed by atoms with E-state index in [2.05, 4.69) is 20.6 Å². The molecule has 0 radical (unpaired) electrons. The Morgan fingerprint density at radius 2 is 2.14 bits per heavy atom. The normalized spacial score (nSPS) is 22.6. The van der Waals surface area contributed by atoms with Crippen molar-refractivity contribution < 1.29 is 19.0 Å². The highest BCUT2D eigenvalue weighted by Crippen LogP contribution is 2.48. The first-order chi connectivity index (χ1) is 17.6. The summed E-state index contributed by atoms with van der Waals surface area (Å²) in [7, 11) is 1.58. The van der Waals surface area contributed by atoms with Crippen LogP contribution in [0.25, 0.3) is 11.3 Å². The summed E-state index contributed by atoms with van der Waals surface area (Å²) < 4.78 is 17.5. The zero-order valence-electron chi connectivity index (χ0n) is 20.1. The lowest BCUT2D eigenvalue weighted by molar-refractivity contribution is 0.0680. The molecule has 2 aromatic heterocycles. The van der Waals surface area contributed by atoms with Crippen molar-refractivity contribution in [1.29, 1.82) is 0 Å². The molecule has 3 atom stereocenters. The van der Waals surface area contributed by atoms with Gasteiger partial charge in [-0.25, -0.2) is 0 Å². The van der Waals surface area contributed by atoms with Crippen molar-refractivity contribution in [3.8, 4) is 22.8 Å². The third-order valence-electron chi connectivity index (χ3n) is 7.39. The van der Waals surface area contributed by atoms with E-state index in [1.54, 1.807) is 25.6 Å². The van der Waals surface area contributed by atoms with Gasteiger partial charge in [-0.2, -0.15) is 0 Å². The number of para-hydroxylation sites is 1. The first-order valence-corrected chi connectivity index (χ1v) is 12.9. The van der Waals surface area contributed by atoms with E-state index < -0.39 is 0 Å². The molecule has 188 valence electrons. The minimum absolute atomic E-state index is 0.0771. The van der Waals surface area contributed by atoms with Crippen LogP contribution in [-0.2, 0) is 4.74 Å². The Labute approximate surface area is 214 Å². The van der Waals surface area contributed by atoms with Crippen molar-refractivity contribution in [3.63, 3.8) is 0 Å². The Kier molecular flexibility index (Phi) is 6.23. The van der Waals surface area contributed by atoms with Crippen LogP contribution in [0.3, 0.4) is 0 Å². The van der Waals surface area contributed by atoms with Crippen molar-refractivity contribution in [1.82, 2.24) is 15.3 Å². The molecular formula is C27H29ClN4O4. The van der Waals surface area contributed by atoms with Gasteiger partial charge in [-0.05, 0) is 43.9 Å². The average molecular weight is 509 g/mol. The summed E-state index contributed by atoms with van der Waals surface area (Å²) in [5, 5.41) is 7.18. The fourth-order valence-electron chi connectivity index (χ4n) is 5.69. The van der Waals surface area contributed by atoms with Crippen LogP contribution < -0.4 is 20.1 Å². The first kappa shape index (κ1) is 23.2. The molecule has 1 saturated heterocycles. The molecule has 1 aliphatic carbocycles. The highest BCUT2D eigenvalue weighted by Gasteiger charge is 2.41. The smallest absolute Gasteiger partial charge is 0.255 e. The second kappa shape index (κ2) is 9.67. The van der Waals surface area contributed by atoms with Gasteiger partial charge in [0.15, 0.2) is 5.75 Å². The van der Waals surface area contributed by atoms with Gasteiger partial charge < -0.3 is 29.8 Å². The number of hydrogen-bond donors (Lipinski definition) is 3. The Balaban J connectivity index is 1.47. The van der Waals surface area contributed by atoms with Crippen molar-refractivity contribution in [2.24, 2.45) is 0 Å². The Morgan fingerprint density at radius 3 is 2.97 bits per heavy atom. The van der Waals surface area contributed by atoms with E-state index in [0.29, 0.717) is 40.1 Å². The van der Waals surface area contributed by atoms with E-state index in [4.69, 9.17) is 25.8 Å². The Bertz CT molecular complexity index is 1290. The van der Waals surface area contributed by atoms with Crippen LogP contribution in [0.15, 0.2) is 36.7 Å². The molecular weight excluding hydrogens is 480 g/mol. The highest BCUT2D eigenvalue weighted by molar-refractivity contribution is 6.32. The van der Waals surface area contributed by atoms with Gasteiger partial charge in [0.1, 0.15) is 12.4 Å². The average Bonchev–Trinajstić information content (AvgIpc) is 3.64. The maximum atomic E-state index is 13.4. The summed E-state index contributed by atoms with van der Waals surface area (Å²) in [6, 6.07) is 7.56. The lowest BCUT2D eigenvalue weighted by Gasteiger charge is -2.27. The van der Waals surface area contributed by atoms with Crippen LogP contribution in [0.5, 0.6) is 11.5 Å². The topological polar surface area (TPSA) is 97.5 Å². The molecule has 2 aliphatic heterocycles. The van der Waals surface area contributed by atoms with E-state index in [1.165, 1.54) is 0 Å². The third-order valence-corrected chi connectivity index (χ3v) is 7.69. The summed E-state index contributed by atoms with van der Waals surface area (Å²) in [5.74, 6) is 1.30. The zero-order chi connectivity index (χ0) is 24.6.